The maximum atomic E-state index is 12.8. The molecule has 1 saturated heterocycles. The number of aryl methyl sites for hydroxylation is 1. The van der Waals surface area contributed by atoms with Crippen LogP contribution in [0.2, 0.25) is 0 Å². The van der Waals surface area contributed by atoms with E-state index in [0.29, 0.717) is 5.92 Å². The van der Waals surface area contributed by atoms with Crippen LogP contribution in [0.5, 0.6) is 0 Å². The number of rotatable bonds is 1. The summed E-state index contributed by atoms with van der Waals surface area (Å²) < 4.78 is 12.8. The molecule has 1 aliphatic heterocycles. The van der Waals surface area contributed by atoms with E-state index in [0.717, 1.165) is 18.7 Å². The minimum atomic E-state index is -0.132. The molecule has 13 heavy (non-hydrogen) atoms. The molecule has 1 unspecified atom stereocenters. The lowest BCUT2D eigenvalue weighted by atomic mass is 9.94. The Morgan fingerprint density at radius 2 is 2.31 bits per heavy atom. The summed E-state index contributed by atoms with van der Waals surface area (Å²) in [6, 6.07) is 5.09. The van der Waals surface area contributed by atoms with Crippen LogP contribution in [0.4, 0.5) is 4.39 Å². The van der Waals surface area contributed by atoms with Crippen LogP contribution in [0.3, 0.4) is 0 Å². The van der Waals surface area contributed by atoms with E-state index in [9.17, 15) is 4.39 Å². The highest BCUT2D eigenvalue weighted by Crippen LogP contribution is 2.25. The topological polar surface area (TPSA) is 12.0 Å². The summed E-state index contributed by atoms with van der Waals surface area (Å²) >= 11 is 0. The van der Waals surface area contributed by atoms with Gasteiger partial charge in [-0.25, -0.2) is 4.39 Å². The molecule has 1 atom stereocenters. The van der Waals surface area contributed by atoms with Gasteiger partial charge in [0.15, 0.2) is 0 Å². The maximum Gasteiger partial charge on any atom is 0.123 e. The first-order chi connectivity index (χ1) is 6.27. The Bertz CT molecular complexity index is 303. The van der Waals surface area contributed by atoms with Crippen LogP contribution in [0.25, 0.3) is 0 Å². The largest absolute Gasteiger partial charge is 0.316 e. The summed E-state index contributed by atoms with van der Waals surface area (Å²) in [6.07, 6.45) is 1.17. The number of halogens is 1. The molecule has 0 saturated carbocycles. The second-order valence-electron chi connectivity index (χ2n) is 3.69. The molecule has 2 rings (SSSR count). The van der Waals surface area contributed by atoms with Crippen molar-refractivity contribution in [1.29, 1.82) is 0 Å². The van der Waals surface area contributed by atoms with Crippen molar-refractivity contribution in [3.05, 3.63) is 35.1 Å². The van der Waals surface area contributed by atoms with Gasteiger partial charge in [-0.05, 0) is 49.1 Å². The van der Waals surface area contributed by atoms with Crippen molar-refractivity contribution in [1.82, 2.24) is 5.32 Å². The molecule has 0 radical (unpaired) electrons. The second-order valence-corrected chi connectivity index (χ2v) is 3.69. The van der Waals surface area contributed by atoms with Crippen LogP contribution >= 0.6 is 0 Å². The third kappa shape index (κ3) is 1.73. The molecule has 0 aliphatic carbocycles. The molecule has 0 amide bonds. The monoisotopic (exact) mass is 179 g/mol. The Labute approximate surface area is 78.0 Å². The van der Waals surface area contributed by atoms with Crippen molar-refractivity contribution in [3.63, 3.8) is 0 Å². The molecule has 1 heterocycles. The van der Waals surface area contributed by atoms with Crippen LogP contribution < -0.4 is 5.32 Å². The molecule has 1 fully saturated rings. The van der Waals surface area contributed by atoms with Gasteiger partial charge in [-0.15, -0.1) is 0 Å². The van der Waals surface area contributed by atoms with Crippen LogP contribution in [-0.2, 0) is 0 Å². The van der Waals surface area contributed by atoms with Crippen molar-refractivity contribution < 1.29 is 4.39 Å². The lowest BCUT2D eigenvalue weighted by Crippen LogP contribution is -2.08. The van der Waals surface area contributed by atoms with E-state index in [1.54, 1.807) is 12.1 Å². The van der Waals surface area contributed by atoms with Crippen LogP contribution in [-0.4, -0.2) is 13.1 Å². The highest BCUT2D eigenvalue weighted by molar-refractivity contribution is 5.30. The third-order valence-corrected chi connectivity index (χ3v) is 2.73. The maximum absolute atomic E-state index is 12.8. The van der Waals surface area contributed by atoms with E-state index in [-0.39, 0.29) is 5.82 Å². The van der Waals surface area contributed by atoms with E-state index >= 15 is 0 Å². The highest BCUT2D eigenvalue weighted by atomic mass is 19.1. The fraction of sp³-hybridized carbons (Fsp3) is 0.455. The van der Waals surface area contributed by atoms with Gasteiger partial charge >= 0.3 is 0 Å². The highest BCUT2D eigenvalue weighted by Gasteiger charge is 2.17. The lowest BCUT2D eigenvalue weighted by molar-refractivity contribution is 0.623. The van der Waals surface area contributed by atoms with Gasteiger partial charge in [0.25, 0.3) is 0 Å². The van der Waals surface area contributed by atoms with Gasteiger partial charge in [0.05, 0.1) is 0 Å². The number of hydrogen-bond acceptors (Lipinski definition) is 1. The van der Waals surface area contributed by atoms with E-state index in [4.69, 9.17) is 0 Å². The van der Waals surface area contributed by atoms with E-state index in [2.05, 4.69) is 5.32 Å². The zero-order chi connectivity index (χ0) is 9.26. The van der Waals surface area contributed by atoms with Gasteiger partial charge in [-0.2, -0.15) is 0 Å². The molecule has 70 valence electrons. The van der Waals surface area contributed by atoms with Gasteiger partial charge < -0.3 is 5.32 Å². The summed E-state index contributed by atoms with van der Waals surface area (Å²) in [7, 11) is 0. The molecule has 0 aromatic heterocycles. The zero-order valence-electron chi connectivity index (χ0n) is 7.81. The third-order valence-electron chi connectivity index (χ3n) is 2.73. The first-order valence-corrected chi connectivity index (χ1v) is 4.74. The molecule has 0 spiro atoms. The van der Waals surface area contributed by atoms with Crippen molar-refractivity contribution in [2.75, 3.05) is 13.1 Å². The molecule has 2 heteroatoms. The average Bonchev–Trinajstić information content (AvgIpc) is 2.56. The van der Waals surface area contributed by atoms with E-state index in [1.165, 1.54) is 12.0 Å². The minimum Gasteiger partial charge on any atom is -0.316 e. The molecular weight excluding hydrogens is 165 g/mol. The quantitative estimate of drug-likeness (QED) is 0.697. The first kappa shape index (κ1) is 8.70. The molecule has 1 nitrogen and oxygen atoms in total. The molecule has 1 N–H and O–H groups in total. The summed E-state index contributed by atoms with van der Waals surface area (Å²) in [5.41, 5.74) is 2.38. The Kier molecular flexibility index (Phi) is 2.32. The zero-order valence-corrected chi connectivity index (χ0v) is 7.81. The molecule has 1 aromatic rings. The lowest BCUT2D eigenvalue weighted by Gasteiger charge is -2.11. The van der Waals surface area contributed by atoms with Gasteiger partial charge in [-0.3, -0.25) is 0 Å². The predicted molar refractivity (Wildman–Crippen MR) is 51.4 cm³/mol. The van der Waals surface area contributed by atoms with E-state index < -0.39 is 0 Å². The first-order valence-electron chi connectivity index (χ1n) is 4.74. The van der Waals surface area contributed by atoms with Crippen molar-refractivity contribution in [2.24, 2.45) is 0 Å². The average molecular weight is 179 g/mol. The Morgan fingerprint density at radius 3 is 2.92 bits per heavy atom. The number of benzene rings is 1. The van der Waals surface area contributed by atoms with Gasteiger partial charge in [0, 0.05) is 6.54 Å². The summed E-state index contributed by atoms with van der Waals surface area (Å²) in [4.78, 5) is 0. The van der Waals surface area contributed by atoms with Crippen LogP contribution in [0.1, 0.15) is 23.5 Å². The summed E-state index contributed by atoms with van der Waals surface area (Å²) in [6.45, 7) is 4.10. The van der Waals surface area contributed by atoms with Gasteiger partial charge in [-0.1, -0.05) is 6.07 Å². The normalized spacial score (nSPS) is 22.2. The molecule has 0 bridgehead atoms. The smallest absolute Gasteiger partial charge is 0.123 e. The SMILES string of the molecule is Cc1cc(F)ccc1C1CCNC1. The summed E-state index contributed by atoms with van der Waals surface area (Å²) in [5, 5.41) is 3.32. The molecule has 1 aliphatic rings. The van der Waals surface area contributed by atoms with Crippen molar-refractivity contribution >= 4 is 0 Å². The number of hydrogen-bond donors (Lipinski definition) is 1. The van der Waals surface area contributed by atoms with Gasteiger partial charge in [0.1, 0.15) is 5.82 Å². The second kappa shape index (κ2) is 3.46. The minimum absolute atomic E-state index is 0.132. The standard InChI is InChI=1S/C11H14FN/c1-8-6-10(12)2-3-11(8)9-4-5-13-7-9/h2-3,6,9,13H,4-5,7H2,1H3. The summed E-state index contributed by atoms with van der Waals surface area (Å²) in [5.74, 6) is 0.452. The number of nitrogens with one attached hydrogen (secondary N) is 1. The Balaban J connectivity index is 2.29. The van der Waals surface area contributed by atoms with Crippen LogP contribution in [0, 0.1) is 12.7 Å². The Morgan fingerprint density at radius 1 is 1.46 bits per heavy atom. The predicted octanol–water partition coefficient (Wildman–Crippen LogP) is 2.21. The fourth-order valence-corrected chi connectivity index (χ4v) is 2.02. The van der Waals surface area contributed by atoms with Crippen molar-refractivity contribution in [3.8, 4) is 0 Å². The van der Waals surface area contributed by atoms with Crippen molar-refractivity contribution in [2.45, 2.75) is 19.3 Å². The Hall–Kier alpha value is -0.890. The molecular formula is C11H14FN. The molecule has 1 aromatic carbocycles. The van der Waals surface area contributed by atoms with Crippen LogP contribution in [0.15, 0.2) is 18.2 Å². The fourth-order valence-electron chi connectivity index (χ4n) is 2.02. The van der Waals surface area contributed by atoms with E-state index in [1.807, 2.05) is 13.0 Å². The van der Waals surface area contributed by atoms with Gasteiger partial charge in [0.2, 0.25) is 0 Å².